The van der Waals surface area contributed by atoms with Crippen LogP contribution in [0.5, 0.6) is 0 Å². The third kappa shape index (κ3) is 5.52. The number of carbonyl (C=O) groups is 1. The molecule has 4 aromatic rings. The predicted molar refractivity (Wildman–Crippen MR) is 152 cm³/mol. The average molecular weight is 526 g/mol. The van der Waals surface area contributed by atoms with E-state index in [9.17, 15) is 9.59 Å². The molecule has 1 aliphatic rings. The quantitative estimate of drug-likeness (QED) is 0.318. The van der Waals surface area contributed by atoms with E-state index >= 15 is 0 Å². The minimum Gasteiger partial charge on any atom is -0.465 e. The molecule has 0 bridgehead atoms. The first-order valence-corrected chi connectivity index (χ1v) is 13.5. The van der Waals surface area contributed by atoms with Gasteiger partial charge in [0.25, 0.3) is 0 Å². The van der Waals surface area contributed by atoms with Gasteiger partial charge in [-0.2, -0.15) is 5.10 Å². The Balaban J connectivity index is 1.30. The molecule has 0 aliphatic carbocycles. The van der Waals surface area contributed by atoms with Crippen molar-refractivity contribution in [1.82, 2.24) is 19.2 Å². The number of hydrogen-bond donors (Lipinski definition) is 0. The maximum atomic E-state index is 13.3. The molecule has 1 fully saturated rings. The van der Waals surface area contributed by atoms with Crippen molar-refractivity contribution >= 4 is 11.7 Å². The zero-order valence-corrected chi connectivity index (χ0v) is 22.7. The Morgan fingerprint density at radius 2 is 1.56 bits per heavy atom. The Morgan fingerprint density at radius 3 is 2.18 bits per heavy atom. The molecule has 39 heavy (non-hydrogen) atoms. The van der Waals surface area contributed by atoms with Crippen molar-refractivity contribution in [3.63, 3.8) is 0 Å². The molecule has 8 nitrogen and oxygen atoms in total. The van der Waals surface area contributed by atoms with Gasteiger partial charge in [0.2, 0.25) is 0 Å². The summed E-state index contributed by atoms with van der Waals surface area (Å²) in [6.45, 7) is 9.25. The number of ether oxygens (including phenoxy) is 1. The molecule has 0 radical (unpaired) electrons. The summed E-state index contributed by atoms with van der Waals surface area (Å²) in [6, 6.07) is 25.4. The summed E-state index contributed by atoms with van der Waals surface area (Å²) < 4.78 is 8.55. The van der Waals surface area contributed by atoms with Gasteiger partial charge in [-0.3, -0.25) is 4.90 Å². The lowest BCUT2D eigenvalue weighted by atomic mass is 10.0. The van der Waals surface area contributed by atoms with Crippen LogP contribution in [0.4, 0.5) is 5.69 Å². The minimum atomic E-state index is -0.404. The van der Waals surface area contributed by atoms with Gasteiger partial charge in [-0.05, 0) is 55.7 Å². The van der Waals surface area contributed by atoms with Crippen molar-refractivity contribution in [2.24, 2.45) is 0 Å². The van der Waals surface area contributed by atoms with E-state index in [1.54, 1.807) is 10.9 Å². The number of aryl methyl sites for hydroxylation is 1. The van der Waals surface area contributed by atoms with Crippen LogP contribution in [0.3, 0.4) is 0 Å². The number of aromatic nitrogens is 3. The number of anilines is 1. The highest BCUT2D eigenvalue weighted by Crippen LogP contribution is 2.27. The Kier molecular flexibility index (Phi) is 7.93. The van der Waals surface area contributed by atoms with Gasteiger partial charge in [0.05, 0.1) is 18.3 Å². The summed E-state index contributed by atoms with van der Waals surface area (Å²) in [7, 11) is 0. The first-order valence-electron chi connectivity index (χ1n) is 13.5. The monoisotopic (exact) mass is 525 g/mol. The SMILES string of the molecule is CCOC(=O)[C@@H](c1ccccc1)N1CCN(c2ccc(-n3cnn([C@@H](C)c4ccccc4)c3=O)c(C)c2)CC1. The Hall–Kier alpha value is -4.17. The molecular weight excluding hydrogens is 490 g/mol. The molecule has 0 saturated carbocycles. The van der Waals surface area contributed by atoms with Gasteiger partial charge in [0, 0.05) is 31.9 Å². The molecule has 8 heteroatoms. The molecule has 5 rings (SSSR count). The molecule has 0 N–H and O–H groups in total. The number of rotatable bonds is 8. The second-order valence-electron chi connectivity index (χ2n) is 9.87. The smallest absolute Gasteiger partial charge is 0.350 e. The molecule has 2 atom stereocenters. The van der Waals surface area contributed by atoms with Crippen molar-refractivity contribution in [3.8, 4) is 5.69 Å². The van der Waals surface area contributed by atoms with E-state index in [4.69, 9.17) is 4.74 Å². The molecule has 0 amide bonds. The number of hydrogen-bond acceptors (Lipinski definition) is 6. The van der Waals surface area contributed by atoms with Crippen LogP contribution in [0.15, 0.2) is 90.0 Å². The van der Waals surface area contributed by atoms with E-state index < -0.39 is 6.04 Å². The fourth-order valence-electron chi connectivity index (χ4n) is 5.32. The normalized spacial score (nSPS) is 15.6. The number of nitrogens with zero attached hydrogens (tertiary/aromatic N) is 5. The zero-order chi connectivity index (χ0) is 27.4. The van der Waals surface area contributed by atoms with Crippen LogP contribution < -0.4 is 10.6 Å². The topological polar surface area (TPSA) is 72.6 Å². The second-order valence-corrected chi connectivity index (χ2v) is 9.87. The molecule has 2 heterocycles. The first-order chi connectivity index (χ1) is 19.0. The average Bonchev–Trinajstić information content (AvgIpc) is 3.35. The lowest BCUT2D eigenvalue weighted by Crippen LogP contribution is -2.49. The highest BCUT2D eigenvalue weighted by molar-refractivity contribution is 5.77. The second kappa shape index (κ2) is 11.7. The Bertz CT molecular complexity index is 1460. The fourth-order valence-corrected chi connectivity index (χ4v) is 5.32. The third-order valence-corrected chi connectivity index (χ3v) is 7.45. The van der Waals surface area contributed by atoms with Gasteiger partial charge < -0.3 is 9.64 Å². The number of benzene rings is 3. The van der Waals surface area contributed by atoms with Gasteiger partial charge in [0.1, 0.15) is 12.4 Å². The fraction of sp³-hybridized carbons (Fsp3) is 0.323. The van der Waals surface area contributed by atoms with Crippen LogP contribution in [-0.4, -0.2) is 58.0 Å². The summed E-state index contributed by atoms with van der Waals surface area (Å²) in [5.41, 5.74) is 4.74. The zero-order valence-electron chi connectivity index (χ0n) is 22.7. The molecule has 1 saturated heterocycles. The largest absolute Gasteiger partial charge is 0.465 e. The lowest BCUT2D eigenvalue weighted by molar-refractivity contribution is -0.150. The Morgan fingerprint density at radius 1 is 0.923 bits per heavy atom. The summed E-state index contributed by atoms with van der Waals surface area (Å²) in [6.07, 6.45) is 1.60. The molecule has 3 aromatic carbocycles. The van der Waals surface area contributed by atoms with E-state index in [1.165, 1.54) is 4.68 Å². The van der Waals surface area contributed by atoms with Crippen molar-refractivity contribution in [2.45, 2.75) is 32.9 Å². The molecule has 202 valence electrons. The van der Waals surface area contributed by atoms with Gasteiger partial charge in [-0.25, -0.2) is 18.8 Å². The van der Waals surface area contributed by atoms with Gasteiger partial charge in [-0.15, -0.1) is 0 Å². The minimum absolute atomic E-state index is 0.162. The van der Waals surface area contributed by atoms with Gasteiger partial charge >= 0.3 is 11.7 Å². The van der Waals surface area contributed by atoms with E-state index in [0.717, 1.165) is 54.2 Å². The predicted octanol–water partition coefficient (Wildman–Crippen LogP) is 4.38. The van der Waals surface area contributed by atoms with Crippen LogP contribution in [0.1, 0.15) is 42.6 Å². The van der Waals surface area contributed by atoms with Gasteiger partial charge in [0.15, 0.2) is 0 Å². The van der Waals surface area contributed by atoms with Crippen molar-refractivity contribution in [1.29, 1.82) is 0 Å². The molecule has 1 aromatic heterocycles. The lowest BCUT2D eigenvalue weighted by Gasteiger charge is -2.39. The standard InChI is InChI=1S/C31H35N5O3/c1-4-39-30(37)29(26-13-9-6-10-14-26)34-19-17-33(18-20-34)27-15-16-28(23(2)21-27)35-22-32-36(31(35)38)24(3)25-11-7-5-8-12-25/h5-16,21-22,24,29H,4,17-20H2,1-3H3/t24-,29+/m0/s1. The van der Waals surface area contributed by atoms with Crippen LogP contribution in [-0.2, 0) is 9.53 Å². The van der Waals surface area contributed by atoms with E-state index in [-0.39, 0.29) is 17.7 Å². The Labute approximate surface area is 229 Å². The van der Waals surface area contributed by atoms with E-state index in [1.807, 2.05) is 87.5 Å². The van der Waals surface area contributed by atoms with Crippen LogP contribution in [0.25, 0.3) is 5.69 Å². The summed E-state index contributed by atoms with van der Waals surface area (Å²) in [4.78, 5) is 30.6. The van der Waals surface area contributed by atoms with Crippen molar-refractivity contribution in [2.75, 3.05) is 37.7 Å². The van der Waals surface area contributed by atoms with Crippen molar-refractivity contribution < 1.29 is 9.53 Å². The van der Waals surface area contributed by atoms with Crippen LogP contribution >= 0.6 is 0 Å². The highest BCUT2D eigenvalue weighted by Gasteiger charge is 2.31. The number of piperazine rings is 1. The first kappa shape index (κ1) is 26.4. The van der Waals surface area contributed by atoms with E-state index in [0.29, 0.717) is 6.61 Å². The molecule has 1 aliphatic heterocycles. The molecular formula is C31H35N5O3. The molecule has 0 spiro atoms. The third-order valence-electron chi connectivity index (χ3n) is 7.45. The number of esters is 1. The highest BCUT2D eigenvalue weighted by atomic mass is 16.5. The summed E-state index contributed by atoms with van der Waals surface area (Å²) in [5.74, 6) is -0.204. The van der Waals surface area contributed by atoms with Crippen LogP contribution in [0.2, 0.25) is 0 Å². The van der Waals surface area contributed by atoms with Crippen molar-refractivity contribution in [3.05, 3.63) is 112 Å². The summed E-state index contributed by atoms with van der Waals surface area (Å²) >= 11 is 0. The summed E-state index contributed by atoms with van der Waals surface area (Å²) in [5, 5.41) is 4.41. The maximum Gasteiger partial charge on any atom is 0.350 e. The molecule has 0 unspecified atom stereocenters. The van der Waals surface area contributed by atoms with Gasteiger partial charge in [-0.1, -0.05) is 60.7 Å². The number of carbonyl (C=O) groups excluding carboxylic acids is 1. The van der Waals surface area contributed by atoms with Crippen LogP contribution in [0, 0.1) is 6.92 Å². The van der Waals surface area contributed by atoms with E-state index in [2.05, 4.69) is 27.0 Å². The maximum absolute atomic E-state index is 13.3.